The molecular weight excluding hydrogens is 777 g/mol. The minimum Gasteiger partial charge on any atom is -0.456 e. The molecule has 9 aromatic carbocycles. The van der Waals surface area contributed by atoms with Crippen LogP contribution in [0.15, 0.2) is 223 Å². The highest BCUT2D eigenvalue weighted by Gasteiger charge is 2.35. The van der Waals surface area contributed by atoms with Crippen LogP contribution in [-0.4, -0.2) is 4.57 Å². The number of para-hydroxylation sites is 3. The van der Waals surface area contributed by atoms with E-state index in [9.17, 15) is 0 Å². The maximum atomic E-state index is 6.14. The van der Waals surface area contributed by atoms with Crippen LogP contribution in [0, 0.1) is 0 Å². The molecule has 0 N–H and O–H groups in total. The van der Waals surface area contributed by atoms with Gasteiger partial charge in [0.15, 0.2) is 0 Å². The molecule has 0 fully saturated rings. The van der Waals surface area contributed by atoms with Crippen molar-refractivity contribution in [3.05, 3.63) is 230 Å². The van der Waals surface area contributed by atoms with Gasteiger partial charge in [-0.05, 0) is 143 Å². The van der Waals surface area contributed by atoms with Gasteiger partial charge in [-0.3, -0.25) is 0 Å². The van der Waals surface area contributed by atoms with Gasteiger partial charge in [-0.25, -0.2) is 0 Å². The van der Waals surface area contributed by atoms with Crippen LogP contribution in [-0.2, 0) is 5.41 Å². The maximum Gasteiger partial charge on any atom is 0.135 e. The average molecular weight is 825 g/mol. The van der Waals surface area contributed by atoms with Gasteiger partial charge in [0.1, 0.15) is 11.2 Å². The monoisotopic (exact) mass is 824 g/mol. The summed E-state index contributed by atoms with van der Waals surface area (Å²) in [6.07, 6.45) is 4.00. The summed E-state index contributed by atoms with van der Waals surface area (Å²) in [4.78, 5) is 2.40. The lowest BCUT2D eigenvalue weighted by Gasteiger charge is -2.28. The van der Waals surface area contributed by atoms with Crippen molar-refractivity contribution in [1.82, 2.24) is 4.57 Å². The van der Waals surface area contributed by atoms with E-state index in [1.165, 1.54) is 60.9 Å². The third-order valence-corrected chi connectivity index (χ3v) is 13.1. The first-order chi connectivity index (χ1) is 31.4. The summed E-state index contributed by atoms with van der Waals surface area (Å²) >= 11 is 0. The molecule has 0 unspecified atom stereocenters. The number of furan rings is 1. The standard InChI is InChI=1S/C57H40N2O.C4H8/c1-57(2)51-17-9-6-14-45(51)46-31-30-44(36-52(46)57)58(43-28-22-38(23-29-43)40-25-33-56-50(35-40)48-16-8-11-19-55(48)60-56)42-26-20-37(21-27-42)39-24-32-54-49(34-39)47-15-7-10-18-53(47)59(54)41-12-4-3-5-13-41;1-3-4-2/h3-36H,1-2H3;3-4H,1-2H3/b;4-3-. The summed E-state index contributed by atoms with van der Waals surface area (Å²) in [5.41, 5.74) is 18.7. The van der Waals surface area contributed by atoms with E-state index in [0.717, 1.165) is 50.1 Å². The van der Waals surface area contributed by atoms with E-state index < -0.39 is 0 Å². The van der Waals surface area contributed by atoms with Crippen molar-refractivity contribution in [3.8, 4) is 39.1 Å². The molecule has 2 aromatic heterocycles. The molecule has 12 rings (SSSR count). The Hall–Kier alpha value is -7.88. The molecule has 0 bridgehead atoms. The maximum absolute atomic E-state index is 6.14. The van der Waals surface area contributed by atoms with Gasteiger partial charge >= 0.3 is 0 Å². The van der Waals surface area contributed by atoms with Crippen molar-refractivity contribution in [1.29, 1.82) is 0 Å². The summed E-state index contributed by atoms with van der Waals surface area (Å²) in [6.45, 7) is 8.70. The lowest BCUT2D eigenvalue weighted by Crippen LogP contribution is -2.16. The molecule has 1 aliphatic carbocycles. The molecule has 2 heterocycles. The summed E-state index contributed by atoms with van der Waals surface area (Å²) in [5, 5.41) is 4.78. The van der Waals surface area contributed by atoms with Gasteiger partial charge in [0.2, 0.25) is 0 Å². The number of allylic oxidation sites excluding steroid dienone is 2. The average Bonchev–Trinajstić information content (AvgIpc) is 3.97. The molecule has 0 radical (unpaired) electrons. The molecule has 0 aliphatic heterocycles. The van der Waals surface area contributed by atoms with Crippen LogP contribution in [0.1, 0.15) is 38.8 Å². The largest absolute Gasteiger partial charge is 0.456 e. The van der Waals surface area contributed by atoms with Gasteiger partial charge in [-0.15, -0.1) is 0 Å². The van der Waals surface area contributed by atoms with E-state index in [1.54, 1.807) is 0 Å². The molecule has 308 valence electrons. The minimum absolute atomic E-state index is 0.112. The molecule has 0 amide bonds. The van der Waals surface area contributed by atoms with Crippen molar-refractivity contribution in [2.75, 3.05) is 4.90 Å². The molecule has 1 aliphatic rings. The van der Waals surface area contributed by atoms with E-state index >= 15 is 0 Å². The second-order valence-electron chi connectivity index (χ2n) is 17.2. The third kappa shape index (κ3) is 6.51. The SMILES string of the molecule is C/C=C\C.CC1(C)c2ccccc2-c2ccc(N(c3ccc(-c4ccc5oc6ccccc6c5c4)cc3)c3ccc(-c4ccc5c(c4)c4ccccc4n5-c4ccccc4)cc3)cc21. The summed E-state index contributed by atoms with van der Waals surface area (Å²) in [5.74, 6) is 0. The van der Waals surface area contributed by atoms with Crippen molar-refractivity contribution >= 4 is 60.8 Å². The predicted molar refractivity (Wildman–Crippen MR) is 272 cm³/mol. The Morgan fingerprint density at radius 3 is 1.66 bits per heavy atom. The number of nitrogens with zero attached hydrogens (tertiary/aromatic N) is 2. The van der Waals surface area contributed by atoms with E-state index in [-0.39, 0.29) is 5.41 Å². The normalized spacial score (nSPS) is 12.8. The summed E-state index contributed by atoms with van der Waals surface area (Å²) < 4.78 is 8.51. The highest BCUT2D eigenvalue weighted by atomic mass is 16.3. The van der Waals surface area contributed by atoms with Crippen LogP contribution in [0.3, 0.4) is 0 Å². The van der Waals surface area contributed by atoms with Gasteiger partial charge in [0, 0.05) is 49.7 Å². The third-order valence-electron chi connectivity index (χ3n) is 13.1. The van der Waals surface area contributed by atoms with Gasteiger partial charge in [0.05, 0.1) is 11.0 Å². The fraction of sp³-hybridized carbons (Fsp3) is 0.0820. The quantitative estimate of drug-likeness (QED) is 0.156. The van der Waals surface area contributed by atoms with Crippen LogP contribution in [0.4, 0.5) is 17.1 Å². The highest BCUT2D eigenvalue weighted by Crippen LogP contribution is 2.51. The zero-order valence-corrected chi connectivity index (χ0v) is 36.6. The smallest absolute Gasteiger partial charge is 0.135 e. The lowest BCUT2D eigenvalue weighted by molar-refractivity contribution is 0.660. The molecule has 0 saturated heterocycles. The molecule has 11 aromatic rings. The number of hydrogen-bond acceptors (Lipinski definition) is 2. The summed E-state index contributed by atoms with van der Waals surface area (Å²) in [6, 6.07) is 75.0. The predicted octanol–water partition coefficient (Wildman–Crippen LogP) is 17.4. The number of hydrogen-bond donors (Lipinski definition) is 0. The Morgan fingerprint density at radius 2 is 0.938 bits per heavy atom. The zero-order valence-electron chi connectivity index (χ0n) is 36.6. The molecule has 0 spiro atoms. The van der Waals surface area contributed by atoms with Gasteiger partial charge < -0.3 is 13.9 Å². The number of rotatable bonds is 6. The number of anilines is 3. The fourth-order valence-electron chi connectivity index (χ4n) is 9.80. The Bertz CT molecular complexity index is 3530. The van der Waals surface area contributed by atoms with E-state index in [1.807, 2.05) is 38.1 Å². The second-order valence-corrected chi connectivity index (χ2v) is 17.2. The van der Waals surface area contributed by atoms with Crippen molar-refractivity contribution < 1.29 is 4.42 Å². The van der Waals surface area contributed by atoms with E-state index in [4.69, 9.17) is 4.42 Å². The van der Waals surface area contributed by atoms with E-state index in [2.05, 4.69) is 217 Å². The van der Waals surface area contributed by atoms with Crippen molar-refractivity contribution in [2.45, 2.75) is 33.1 Å². The van der Waals surface area contributed by atoms with Crippen molar-refractivity contribution in [3.63, 3.8) is 0 Å². The number of aromatic nitrogens is 1. The second kappa shape index (κ2) is 15.8. The van der Waals surface area contributed by atoms with Crippen LogP contribution in [0.2, 0.25) is 0 Å². The molecule has 3 nitrogen and oxygen atoms in total. The zero-order chi connectivity index (χ0) is 43.4. The molecular formula is C61H48N2O. The first-order valence-corrected chi connectivity index (χ1v) is 22.2. The highest BCUT2D eigenvalue weighted by molar-refractivity contribution is 6.10. The number of benzene rings is 9. The Kier molecular flexibility index (Phi) is 9.62. The van der Waals surface area contributed by atoms with Crippen LogP contribution in [0.5, 0.6) is 0 Å². The molecule has 0 atom stereocenters. The lowest BCUT2D eigenvalue weighted by atomic mass is 9.82. The Balaban J connectivity index is 0.00000110. The van der Waals surface area contributed by atoms with Crippen molar-refractivity contribution in [2.24, 2.45) is 0 Å². The Labute approximate surface area is 374 Å². The first-order valence-electron chi connectivity index (χ1n) is 22.2. The van der Waals surface area contributed by atoms with Crippen LogP contribution < -0.4 is 4.90 Å². The van der Waals surface area contributed by atoms with Crippen LogP contribution in [0.25, 0.3) is 82.8 Å². The van der Waals surface area contributed by atoms with Crippen LogP contribution >= 0.6 is 0 Å². The minimum atomic E-state index is -0.112. The first kappa shape index (κ1) is 39.0. The summed E-state index contributed by atoms with van der Waals surface area (Å²) in [7, 11) is 0. The topological polar surface area (TPSA) is 21.3 Å². The van der Waals surface area contributed by atoms with E-state index in [0.29, 0.717) is 0 Å². The van der Waals surface area contributed by atoms with Gasteiger partial charge in [0.25, 0.3) is 0 Å². The fourth-order valence-corrected chi connectivity index (χ4v) is 9.80. The molecule has 3 heteroatoms. The molecule has 64 heavy (non-hydrogen) atoms. The van der Waals surface area contributed by atoms with Gasteiger partial charge in [-0.2, -0.15) is 0 Å². The Morgan fingerprint density at radius 1 is 0.406 bits per heavy atom. The molecule has 0 saturated carbocycles. The number of fused-ring (bicyclic) bond motifs is 9. The van der Waals surface area contributed by atoms with Gasteiger partial charge in [-0.1, -0.05) is 147 Å².